The highest BCUT2D eigenvalue weighted by Crippen LogP contribution is 2.20. The predicted octanol–water partition coefficient (Wildman–Crippen LogP) is 2.67. The quantitative estimate of drug-likeness (QED) is 0.783. The number of benzene rings is 1. The van der Waals surface area contributed by atoms with Crippen molar-refractivity contribution in [3.05, 3.63) is 47.7 Å². The van der Waals surface area contributed by atoms with E-state index in [1.54, 1.807) is 0 Å². The van der Waals surface area contributed by atoms with Gasteiger partial charge in [0.05, 0.1) is 17.4 Å². The number of carboxylic acids is 1. The first kappa shape index (κ1) is 12.9. The molecular formula is C14H15N3O2. The van der Waals surface area contributed by atoms with Gasteiger partial charge in [-0.05, 0) is 30.2 Å². The summed E-state index contributed by atoms with van der Waals surface area (Å²) in [6.07, 6.45) is 2.28. The van der Waals surface area contributed by atoms with E-state index in [1.807, 2.05) is 24.3 Å². The minimum absolute atomic E-state index is 0.0455. The van der Waals surface area contributed by atoms with Crippen molar-refractivity contribution in [2.45, 2.75) is 13.3 Å². The molecule has 19 heavy (non-hydrogen) atoms. The van der Waals surface area contributed by atoms with Crippen LogP contribution in [0.1, 0.15) is 22.8 Å². The topological polar surface area (TPSA) is 88.2 Å². The smallest absolute Gasteiger partial charge is 0.337 e. The van der Waals surface area contributed by atoms with Crippen molar-refractivity contribution in [3.8, 4) is 0 Å². The molecule has 5 heteroatoms. The van der Waals surface area contributed by atoms with E-state index >= 15 is 0 Å². The molecule has 5 nitrogen and oxygen atoms in total. The maximum absolute atomic E-state index is 11.0. The van der Waals surface area contributed by atoms with Crippen LogP contribution in [-0.2, 0) is 6.42 Å². The summed E-state index contributed by atoms with van der Waals surface area (Å²) in [6.45, 7) is 2.07. The highest BCUT2D eigenvalue weighted by molar-refractivity contribution is 5.94. The van der Waals surface area contributed by atoms with Crippen molar-refractivity contribution < 1.29 is 9.90 Å². The number of aryl methyl sites for hydroxylation is 1. The van der Waals surface area contributed by atoms with Gasteiger partial charge in [-0.3, -0.25) is 0 Å². The zero-order chi connectivity index (χ0) is 13.8. The number of carboxylic acid groups (broad SMARTS) is 1. The van der Waals surface area contributed by atoms with Crippen molar-refractivity contribution in [2.75, 3.05) is 11.1 Å². The van der Waals surface area contributed by atoms with E-state index in [-0.39, 0.29) is 11.3 Å². The standard InChI is InChI=1S/C14H15N3O2/c1-2-9-4-3-5-10(6-9)17-13-7-11(14(18)19)12(15)8-16-13/h3-8H,2,15H2,1H3,(H,16,17)(H,18,19). The molecule has 0 aliphatic rings. The summed E-state index contributed by atoms with van der Waals surface area (Å²) in [6, 6.07) is 9.30. The monoisotopic (exact) mass is 257 g/mol. The number of carbonyl (C=O) groups is 1. The van der Waals surface area contributed by atoms with Crippen LogP contribution in [0.25, 0.3) is 0 Å². The zero-order valence-corrected chi connectivity index (χ0v) is 10.6. The van der Waals surface area contributed by atoms with Crippen LogP contribution in [0.2, 0.25) is 0 Å². The average molecular weight is 257 g/mol. The molecule has 1 aromatic heterocycles. The van der Waals surface area contributed by atoms with Crippen molar-refractivity contribution in [2.24, 2.45) is 0 Å². The van der Waals surface area contributed by atoms with E-state index in [9.17, 15) is 4.79 Å². The van der Waals surface area contributed by atoms with Gasteiger partial charge in [0.25, 0.3) is 0 Å². The SMILES string of the molecule is CCc1cccc(Nc2cc(C(=O)O)c(N)cn2)c1. The first-order valence-corrected chi connectivity index (χ1v) is 5.95. The van der Waals surface area contributed by atoms with Crippen LogP contribution in [-0.4, -0.2) is 16.1 Å². The molecule has 1 aromatic carbocycles. The number of aromatic carboxylic acids is 1. The molecule has 2 aromatic rings. The molecule has 0 fully saturated rings. The second kappa shape index (κ2) is 5.39. The van der Waals surface area contributed by atoms with Gasteiger partial charge in [0.2, 0.25) is 0 Å². The van der Waals surface area contributed by atoms with Gasteiger partial charge in [0.1, 0.15) is 5.82 Å². The molecule has 4 N–H and O–H groups in total. The first-order valence-electron chi connectivity index (χ1n) is 5.95. The summed E-state index contributed by atoms with van der Waals surface area (Å²) in [5.41, 5.74) is 7.82. The number of pyridine rings is 1. The summed E-state index contributed by atoms with van der Waals surface area (Å²) in [4.78, 5) is 15.1. The van der Waals surface area contributed by atoms with E-state index in [1.165, 1.54) is 17.8 Å². The number of aromatic nitrogens is 1. The number of rotatable bonds is 4. The van der Waals surface area contributed by atoms with E-state index in [2.05, 4.69) is 17.2 Å². The van der Waals surface area contributed by atoms with Crippen molar-refractivity contribution in [3.63, 3.8) is 0 Å². The lowest BCUT2D eigenvalue weighted by atomic mass is 10.1. The molecule has 0 unspecified atom stereocenters. The highest BCUT2D eigenvalue weighted by atomic mass is 16.4. The Hall–Kier alpha value is -2.56. The Balaban J connectivity index is 2.28. The van der Waals surface area contributed by atoms with Crippen LogP contribution in [0.3, 0.4) is 0 Å². The minimum atomic E-state index is -1.06. The average Bonchev–Trinajstić information content (AvgIpc) is 2.41. The lowest BCUT2D eigenvalue weighted by Crippen LogP contribution is -2.05. The van der Waals surface area contributed by atoms with E-state index < -0.39 is 5.97 Å². The summed E-state index contributed by atoms with van der Waals surface area (Å²) in [5.74, 6) is -0.606. The number of nitrogens with two attached hydrogens (primary N) is 1. The fourth-order valence-electron chi connectivity index (χ4n) is 1.74. The van der Waals surface area contributed by atoms with Crippen LogP contribution in [0.5, 0.6) is 0 Å². The zero-order valence-electron chi connectivity index (χ0n) is 10.6. The summed E-state index contributed by atoms with van der Waals surface area (Å²) < 4.78 is 0. The Morgan fingerprint density at radius 1 is 1.42 bits per heavy atom. The fourth-order valence-corrected chi connectivity index (χ4v) is 1.74. The van der Waals surface area contributed by atoms with E-state index in [0.717, 1.165) is 12.1 Å². The Bertz CT molecular complexity index is 611. The number of hydrogen-bond acceptors (Lipinski definition) is 4. The van der Waals surface area contributed by atoms with E-state index in [4.69, 9.17) is 10.8 Å². The van der Waals surface area contributed by atoms with Crippen LogP contribution in [0.4, 0.5) is 17.2 Å². The fraction of sp³-hybridized carbons (Fsp3) is 0.143. The van der Waals surface area contributed by atoms with Crippen LogP contribution < -0.4 is 11.1 Å². The minimum Gasteiger partial charge on any atom is -0.478 e. The van der Waals surface area contributed by atoms with Crippen molar-refractivity contribution >= 4 is 23.2 Å². The largest absolute Gasteiger partial charge is 0.478 e. The summed E-state index contributed by atoms with van der Waals surface area (Å²) in [7, 11) is 0. The van der Waals surface area contributed by atoms with Gasteiger partial charge in [0.15, 0.2) is 0 Å². The van der Waals surface area contributed by atoms with Gasteiger partial charge in [-0.1, -0.05) is 19.1 Å². The molecule has 0 saturated heterocycles. The summed E-state index contributed by atoms with van der Waals surface area (Å²) in [5, 5.41) is 12.1. The third kappa shape index (κ3) is 3.01. The predicted molar refractivity (Wildman–Crippen MR) is 74.7 cm³/mol. The number of nitrogens with zero attached hydrogens (tertiary/aromatic N) is 1. The van der Waals surface area contributed by atoms with Gasteiger partial charge < -0.3 is 16.2 Å². The molecule has 0 radical (unpaired) electrons. The summed E-state index contributed by atoms with van der Waals surface area (Å²) >= 11 is 0. The maximum atomic E-state index is 11.0. The van der Waals surface area contributed by atoms with Crippen LogP contribution >= 0.6 is 0 Å². The molecule has 2 rings (SSSR count). The highest BCUT2D eigenvalue weighted by Gasteiger charge is 2.09. The molecule has 0 aliphatic heterocycles. The molecule has 0 saturated carbocycles. The molecule has 0 aliphatic carbocycles. The van der Waals surface area contributed by atoms with Gasteiger partial charge in [0, 0.05) is 5.69 Å². The molecule has 0 atom stereocenters. The Kier molecular flexibility index (Phi) is 3.66. The first-order chi connectivity index (χ1) is 9.10. The van der Waals surface area contributed by atoms with Gasteiger partial charge in [-0.25, -0.2) is 9.78 Å². The molecule has 0 amide bonds. The van der Waals surface area contributed by atoms with Crippen molar-refractivity contribution in [1.29, 1.82) is 0 Å². The number of anilines is 3. The Labute approximate surface area is 111 Å². The second-order valence-electron chi connectivity index (χ2n) is 4.14. The van der Waals surface area contributed by atoms with Gasteiger partial charge >= 0.3 is 5.97 Å². The maximum Gasteiger partial charge on any atom is 0.337 e. The third-order valence-electron chi connectivity index (χ3n) is 2.77. The molecule has 1 heterocycles. The molecule has 98 valence electrons. The lowest BCUT2D eigenvalue weighted by molar-refractivity contribution is 0.0698. The van der Waals surface area contributed by atoms with Crippen molar-refractivity contribution in [1.82, 2.24) is 4.98 Å². The second-order valence-corrected chi connectivity index (χ2v) is 4.14. The molecule has 0 bridgehead atoms. The Morgan fingerprint density at radius 2 is 2.21 bits per heavy atom. The van der Waals surface area contributed by atoms with Gasteiger partial charge in [-0.2, -0.15) is 0 Å². The molecular weight excluding hydrogens is 242 g/mol. The van der Waals surface area contributed by atoms with Crippen LogP contribution in [0.15, 0.2) is 36.5 Å². The Morgan fingerprint density at radius 3 is 2.89 bits per heavy atom. The normalized spacial score (nSPS) is 10.2. The number of nitrogens with one attached hydrogen (secondary N) is 1. The van der Waals surface area contributed by atoms with Crippen LogP contribution in [0, 0.1) is 0 Å². The van der Waals surface area contributed by atoms with Gasteiger partial charge in [-0.15, -0.1) is 0 Å². The lowest BCUT2D eigenvalue weighted by Gasteiger charge is -2.08. The van der Waals surface area contributed by atoms with E-state index in [0.29, 0.717) is 5.82 Å². The molecule has 0 spiro atoms. The number of nitrogen functional groups attached to an aromatic ring is 1. The number of hydrogen-bond donors (Lipinski definition) is 3. The third-order valence-corrected chi connectivity index (χ3v) is 2.77.